The quantitative estimate of drug-likeness (QED) is 0.732. The maximum Gasteiger partial charge on any atom is 0.126 e. The first-order valence-electron chi connectivity index (χ1n) is 7.05. The minimum atomic E-state index is -0.369. The molecule has 0 aromatic heterocycles. The lowest BCUT2D eigenvalue weighted by atomic mass is 9.88. The molecule has 0 bridgehead atoms. The lowest BCUT2D eigenvalue weighted by Gasteiger charge is -2.40. The van der Waals surface area contributed by atoms with E-state index in [2.05, 4.69) is 25.7 Å². The molecule has 0 aromatic carbocycles. The van der Waals surface area contributed by atoms with Gasteiger partial charge in [-0.2, -0.15) is 0 Å². The Hall–Kier alpha value is -0.600. The van der Waals surface area contributed by atoms with E-state index in [-0.39, 0.29) is 24.4 Å². The molecule has 1 fully saturated rings. The fraction of sp³-hybridized carbons (Fsp3) is 0.867. The Kier molecular flexibility index (Phi) is 6.28. The zero-order chi connectivity index (χ0) is 14.4. The first kappa shape index (κ1) is 16.5. The van der Waals surface area contributed by atoms with Crippen LogP contribution >= 0.6 is 0 Å². The summed E-state index contributed by atoms with van der Waals surface area (Å²) in [6, 6.07) is 0. The van der Waals surface area contributed by atoms with Crippen LogP contribution in [0.2, 0.25) is 0 Å². The molecule has 1 unspecified atom stereocenters. The monoisotopic (exact) mass is 269 g/mol. The summed E-state index contributed by atoms with van der Waals surface area (Å²) >= 11 is 0. The maximum absolute atomic E-state index is 8.93. The van der Waals surface area contributed by atoms with Gasteiger partial charge in [0.1, 0.15) is 5.60 Å². The SMILES string of the molecule is CC1(C)CCCC(C)(C#CCN(CCO)CCO)O1. The second kappa shape index (κ2) is 7.25. The molecule has 1 saturated heterocycles. The van der Waals surface area contributed by atoms with Gasteiger partial charge in [0.15, 0.2) is 0 Å². The van der Waals surface area contributed by atoms with Crippen LogP contribution in [0.15, 0.2) is 0 Å². The lowest BCUT2D eigenvalue weighted by molar-refractivity contribution is -0.135. The molecular weight excluding hydrogens is 242 g/mol. The number of aliphatic hydroxyl groups excluding tert-OH is 2. The third-order valence-electron chi connectivity index (χ3n) is 3.42. The van der Waals surface area contributed by atoms with Crippen molar-refractivity contribution in [3.63, 3.8) is 0 Å². The first-order chi connectivity index (χ1) is 8.91. The summed E-state index contributed by atoms with van der Waals surface area (Å²) in [4.78, 5) is 1.93. The van der Waals surface area contributed by atoms with Crippen molar-refractivity contribution in [1.29, 1.82) is 0 Å². The molecule has 0 amide bonds. The Morgan fingerprint density at radius 2 is 1.74 bits per heavy atom. The zero-order valence-electron chi connectivity index (χ0n) is 12.4. The minimum Gasteiger partial charge on any atom is -0.395 e. The van der Waals surface area contributed by atoms with Crippen molar-refractivity contribution < 1.29 is 14.9 Å². The van der Waals surface area contributed by atoms with Gasteiger partial charge in [0.05, 0.1) is 25.4 Å². The number of ether oxygens (including phenoxy) is 1. The molecule has 1 heterocycles. The highest BCUT2D eigenvalue weighted by atomic mass is 16.5. The van der Waals surface area contributed by atoms with Crippen LogP contribution in [0.4, 0.5) is 0 Å². The predicted octanol–water partition coefficient (Wildman–Crippen LogP) is 1.01. The smallest absolute Gasteiger partial charge is 0.126 e. The minimum absolute atomic E-state index is 0.0858. The molecule has 4 heteroatoms. The van der Waals surface area contributed by atoms with E-state index in [1.54, 1.807) is 0 Å². The molecule has 19 heavy (non-hydrogen) atoms. The van der Waals surface area contributed by atoms with Crippen LogP contribution in [0.3, 0.4) is 0 Å². The summed E-state index contributed by atoms with van der Waals surface area (Å²) < 4.78 is 6.07. The van der Waals surface area contributed by atoms with Crippen LogP contribution < -0.4 is 0 Å². The lowest BCUT2D eigenvalue weighted by Crippen LogP contribution is -2.42. The van der Waals surface area contributed by atoms with E-state index in [9.17, 15) is 0 Å². The fourth-order valence-electron chi connectivity index (χ4n) is 2.54. The summed E-state index contributed by atoms with van der Waals surface area (Å²) in [5, 5.41) is 17.9. The zero-order valence-corrected chi connectivity index (χ0v) is 12.4. The van der Waals surface area contributed by atoms with Crippen LogP contribution in [0.5, 0.6) is 0 Å². The van der Waals surface area contributed by atoms with E-state index in [0.29, 0.717) is 19.6 Å². The highest BCUT2D eigenvalue weighted by Crippen LogP contribution is 2.34. The predicted molar refractivity (Wildman–Crippen MR) is 75.8 cm³/mol. The Labute approximate surface area is 116 Å². The number of nitrogens with zero attached hydrogens (tertiary/aromatic N) is 1. The first-order valence-corrected chi connectivity index (χ1v) is 7.05. The van der Waals surface area contributed by atoms with Gasteiger partial charge in [-0.3, -0.25) is 4.90 Å². The summed E-state index contributed by atoms with van der Waals surface area (Å²) in [7, 11) is 0. The van der Waals surface area contributed by atoms with Crippen LogP contribution in [-0.4, -0.2) is 59.2 Å². The van der Waals surface area contributed by atoms with Crippen LogP contribution in [0, 0.1) is 11.8 Å². The van der Waals surface area contributed by atoms with Crippen molar-refractivity contribution in [3.8, 4) is 11.8 Å². The summed E-state index contributed by atoms with van der Waals surface area (Å²) in [5.41, 5.74) is -0.469. The van der Waals surface area contributed by atoms with Crippen molar-refractivity contribution in [2.45, 2.75) is 51.2 Å². The summed E-state index contributed by atoms with van der Waals surface area (Å²) in [6.45, 7) is 8.07. The Morgan fingerprint density at radius 1 is 1.11 bits per heavy atom. The van der Waals surface area contributed by atoms with Crippen molar-refractivity contribution in [3.05, 3.63) is 0 Å². The van der Waals surface area contributed by atoms with Crippen molar-refractivity contribution in [2.24, 2.45) is 0 Å². The van der Waals surface area contributed by atoms with Crippen LogP contribution in [0.25, 0.3) is 0 Å². The van der Waals surface area contributed by atoms with E-state index in [1.807, 2.05) is 11.8 Å². The molecular formula is C15H27NO3. The van der Waals surface area contributed by atoms with E-state index in [4.69, 9.17) is 14.9 Å². The average molecular weight is 269 g/mol. The van der Waals surface area contributed by atoms with Gasteiger partial charge in [0, 0.05) is 13.1 Å². The van der Waals surface area contributed by atoms with Crippen molar-refractivity contribution >= 4 is 0 Å². The third kappa shape index (κ3) is 5.92. The molecule has 0 radical (unpaired) electrons. The van der Waals surface area contributed by atoms with Gasteiger partial charge in [0.25, 0.3) is 0 Å². The van der Waals surface area contributed by atoms with E-state index in [0.717, 1.165) is 19.3 Å². The van der Waals surface area contributed by atoms with Gasteiger partial charge in [-0.15, -0.1) is 0 Å². The number of rotatable bonds is 5. The molecule has 1 aliphatic heterocycles. The van der Waals surface area contributed by atoms with Gasteiger partial charge >= 0.3 is 0 Å². The highest BCUT2D eigenvalue weighted by Gasteiger charge is 2.35. The summed E-state index contributed by atoms with van der Waals surface area (Å²) in [5.74, 6) is 6.36. The standard InChI is InChI=1S/C15H27NO3/c1-14(2)6-4-7-15(3,19-14)8-5-9-16(10-12-17)11-13-18/h17-18H,4,6-7,9-13H2,1-3H3. The molecule has 1 aliphatic rings. The topological polar surface area (TPSA) is 52.9 Å². The molecule has 2 N–H and O–H groups in total. The third-order valence-corrected chi connectivity index (χ3v) is 3.42. The highest BCUT2D eigenvalue weighted by molar-refractivity contribution is 5.15. The van der Waals surface area contributed by atoms with Crippen molar-refractivity contribution in [1.82, 2.24) is 4.90 Å². The van der Waals surface area contributed by atoms with Gasteiger partial charge in [0.2, 0.25) is 0 Å². The maximum atomic E-state index is 8.93. The van der Waals surface area contributed by atoms with Gasteiger partial charge in [-0.25, -0.2) is 0 Å². The Bertz CT molecular complexity index is 326. The molecule has 0 aliphatic carbocycles. The van der Waals surface area contributed by atoms with Crippen molar-refractivity contribution in [2.75, 3.05) is 32.8 Å². The number of hydrogen-bond acceptors (Lipinski definition) is 4. The summed E-state index contributed by atoms with van der Waals surface area (Å²) in [6.07, 6.45) is 3.17. The second-order valence-electron chi connectivity index (χ2n) is 5.97. The van der Waals surface area contributed by atoms with Gasteiger partial charge < -0.3 is 14.9 Å². The van der Waals surface area contributed by atoms with Gasteiger partial charge in [-0.1, -0.05) is 11.8 Å². The molecule has 1 rings (SSSR count). The van der Waals surface area contributed by atoms with Crippen LogP contribution in [-0.2, 0) is 4.74 Å². The van der Waals surface area contributed by atoms with Crippen LogP contribution in [0.1, 0.15) is 40.0 Å². The largest absolute Gasteiger partial charge is 0.395 e. The molecule has 0 saturated carbocycles. The van der Waals surface area contributed by atoms with Gasteiger partial charge in [-0.05, 0) is 40.0 Å². The molecule has 1 atom stereocenters. The number of aliphatic hydroxyl groups is 2. The average Bonchev–Trinajstić information content (AvgIpc) is 2.27. The Morgan fingerprint density at radius 3 is 2.26 bits per heavy atom. The van der Waals surface area contributed by atoms with E-state index >= 15 is 0 Å². The van der Waals surface area contributed by atoms with E-state index < -0.39 is 0 Å². The molecule has 0 aromatic rings. The molecule has 110 valence electrons. The Balaban J connectivity index is 2.55. The second-order valence-corrected chi connectivity index (χ2v) is 5.97. The molecule has 0 spiro atoms. The number of hydrogen-bond donors (Lipinski definition) is 2. The normalized spacial score (nSPS) is 26.0. The van der Waals surface area contributed by atoms with E-state index in [1.165, 1.54) is 0 Å². The molecule has 4 nitrogen and oxygen atoms in total. The fourth-order valence-corrected chi connectivity index (χ4v) is 2.54.